The van der Waals surface area contributed by atoms with Crippen molar-refractivity contribution in [2.75, 3.05) is 0 Å². The maximum Gasteiger partial charge on any atom is 0.395 e. The van der Waals surface area contributed by atoms with Crippen LogP contribution in [0.2, 0.25) is 0 Å². The lowest BCUT2D eigenvalue weighted by molar-refractivity contribution is -0.146. The van der Waals surface area contributed by atoms with Gasteiger partial charge in [0.1, 0.15) is 0 Å². The standard InChI is InChI=1S/C19H22F5NO/c1-12(19(22,23)24)13-2-4-14(5-3-13)17(26)25(15-6-7-15)16-8-10-18(20,21)11-9-16/h2-5,12,15-16H,6-11H2,1H3. The molecule has 1 unspecified atom stereocenters. The molecule has 3 rings (SSSR count). The molecule has 2 nitrogen and oxygen atoms in total. The lowest BCUT2D eigenvalue weighted by atomic mass is 9.90. The third kappa shape index (κ3) is 4.18. The molecule has 1 atom stereocenters. The molecule has 2 aliphatic rings. The largest absolute Gasteiger partial charge is 0.395 e. The van der Waals surface area contributed by atoms with E-state index in [9.17, 15) is 26.7 Å². The quantitative estimate of drug-likeness (QED) is 0.633. The molecule has 2 saturated carbocycles. The third-order valence-corrected chi connectivity index (χ3v) is 5.40. The first-order valence-electron chi connectivity index (χ1n) is 8.96. The number of carbonyl (C=O) groups excluding carboxylic acids is 1. The van der Waals surface area contributed by atoms with Crippen LogP contribution in [0, 0.1) is 0 Å². The van der Waals surface area contributed by atoms with Gasteiger partial charge in [-0.2, -0.15) is 13.2 Å². The van der Waals surface area contributed by atoms with E-state index in [-0.39, 0.29) is 49.2 Å². The van der Waals surface area contributed by atoms with Gasteiger partial charge in [0, 0.05) is 30.5 Å². The molecule has 0 aromatic heterocycles. The predicted molar refractivity (Wildman–Crippen MR) is 87.3 cm³/mol. The summed E-state index contributed by atoms with van der Waals surface area (Å²) in [6.45, 7) is 1.08. The fraction of sp³-hybridized carbons (Fsp3) is 0.632. The van der Waals surface area contributed by atoms with Gasteiger partial charge in [0.15, 0.2) is 0 Å². The number of rotatable bonds is 4. The highest BCUT2D eigenvalue weighted by atomic mass is 19.4. The summed E-state index contributed by atoms with van der Waals surface area (Å²) in [5.41, 5.74) is 0.414. The highest BCUT2D eigenvalue weighted by molar-refractivity contribution is 5.95. The Morgan fingerprint density at radius 3 is 2.00 bits per heavy atom. The molecule has 2 fully saturated rings. The Hall–Kier alpha value is -1.66. The summed E-state index contributed by atoms with van der Waals surface area (Å²) in [5.74, 6) is -4.54. The summed E-state index contributed by atoms with van der Waals surface area (Å²) in [7, 11) is 0. The Morgan fingerprint density at radius 2 is 1.54 bits per heavy atom. The number of hydrogen-bond donors (Lipinski definition) is 0. The molecular weight excluding hydrogens is 353 g/mol. The molecule has 2 aliphatic carbocycles. The lowest BCUT2D eigenvalue weighted by Crippen LogP contribution is -2.45. The Kier molecular flexibility index (Phi) is 5.01. The molecule has 0 saturated heterocycles. The Balaban J connectivity index is 1.74. The zero-order valence-electron chi connectivity index (χ0n) is 14.5. The van der Waals surface area contributed by atoms with E-state index in [0.29, 0.717) is 5.56 Å². The molecule has 144 valence electrons. The van der Waals surface area contributed by atoms with Crippen molar-refractivity contribution in [3.05, 3.63) is 35.4 Å². The number of hydrogen-bond acceptors (Lipinski definition) is 1. The number of carbonyl (C=O) groups is 1. The average Bonchev–Trinajstić information content (AvgIpc) is 3.40. The van der Waals surface area contributed by atoms with Crippen molar-refractivity contribution in [3.8, 4) is 0 Å². The number of halogens is 5. The fourth-order valence-corrected chi connectivity index (χ4v) is 3.54. The van der Waals surface area contributed by atoms with Crippen molar-refractivity contribution >= 4 is 5.91 Å². The van der Waals surface area contributed by atoms with Gasteiger partial charge in [0.2, 0.25) is 5.92 Å². The third-order valence-electron chi connectivity index (χ3n) is 5.40. The number of alkyl halides is 5. The zero-order chi connectivity index (χ0) is 19.1. The van der Waals surface area contributed by atoms with Gasteiger partial charge in [-0.05, 0) is 50.3 Å². The van der Waals surface area contributed by atoms with Crippen LogP contribution in [0.15, 0.2) is 24.3 Å². The first kappa shape index (κ1) is 19.1. The van der Waals surface area contributed by atoms with Crippen LogP contribution in [0.3, 0.4) is 0 Å². The van der Waals surface area contributed by atoms with Crippen molar-refractivity contribution in [1.29, 1.82) is 0 Å². The Labute approximate surface area is 149 Å². The minimum atomic E-state index is -4.33. The second kappa shape index (κ2) is 6.82. The number of amides is 1. The summed E-state index contributed by atoms with van der Waals surface area (Å²) in [5, 5.41) is 0. The van der Waals surface area contributed by atoms with E-state index in [4.69, 9.17) is 0 Å². The van der Waals surface area contributed by atoms with Crippen molar-refractivity contribution in [2.24, 2.45) is 0 Å². The van der Waals surface area contributed by atoms with Gasteiger partial charge in [0.25, 0.3) is 5.91 Å². The van der Waals surface area contributed by atoms with Gasteiger partial charge in [-0.1, -0.05) is 12.1 Å². The Bertz CT molecular complexity index is 641. The highest BCUT2D eigenvalue weighted by Crippen LogP contribution is 2.40. The summed E-state index contributed by atoms with van der Waals surface area (Å²) in [4.78, 5) is 14.6. The first-order chi connectivity index (χ1) is 12.1. The average molecular weight is 375 g/mol. The molecule has 0 aliphatic heterocycles. The van der Waals surface area contributed by atoms with Crippen molar-refractivity contribution in [3.63, 3.8) is 0 Å². The summed E-state index contributed by atoms with van der Waals surface area (Å²) in [6, 6.07) is 5.31. The number of nitrogens with zero attached hydrogens (tertiary/aromatic N) is 1. The SMILES string of the molecule is CC(c1ccc(C(=O)N(C2CC2)C2CCC(F)(F)CC2)cc1)C(F)(F)F. The van der Waals surface area contributed by atoms with Crippen LogP contribution >= 0.6 is 0 Å². The molecule has 1 aromatic carbocycles. The van der Waals surface area contributed by atoms with Crippen LogP contribution in [0.4, 0.5) is 22.0 Å². The maximum atomic E-state index is 13.4. The van der Waals surface area contributed by atoms with E-state index >= 15 is 0 Å². The van der Waals surface area contributed by atoms with Crippen LogP contribution < -0.4 is 0 Å². The molecule has 0 heterocycles. The van der Waals surface area contributed by atoms with Gasteiger partial charge in [-0.25, -0.2) is 8.78 Å². The maximum absolute atomic E-state index is 13.4. The predicted octanol–water partition coefficient (Wildman–Crippen LogP) is 5.53. The van der Waals surface area contributed by atoms with Gasteiger partial charge in [-0.15, -0.1) is 0 Å². The fourth-order valence-electron chi connectivity index (χ4n) is 3.54. The normalized spacial score (nSPS) is 22.1. The van der Waals surface area contributed by atoms with Crippen molar-refractivity contribution < 1.29 is 26.7 Å². The highest BCUT2D eigenvalue weighted by Gasteiger charge is 2.43. The molecule has 1 aromatic rings. The summed E-state index contributed by atoms with van der Waals surface area (Å²) < 4.78 is 65.2. The van der Waals surface area contributed by atoms with Crippen LogP contribution in [0.1, 0.15) is 67.3 Å². The van der Waals surface area contributed by atoms with Gasteiger partial charge < -0.3 is 4.90 Å². The molecule has 26 heavy (non-hydrogen) atoms. The molecular formula is C19H22F5NO. The molecule has 1 amide bonds. The van der Waals surface area contributed by atoms with Crippen LogP contribution in [-0.4, -0.2) is 35.0 Å². The van der Waals surface area contributed by atoms with Crippen LogP contribution in [-0.2, 0) is 0 Å². The minimum absolute atomic E-state index is 0.0630. The number of benzene rings is 1. The van der Waals surface area contributed by atoms with Crippen molar-refractivity contribution in [2.45, 2.75) is 75.5 Å². The molecule has 0 bridgehead atoms. The molecule has 7 heteroatoms. The first-order valence-corrected chi connectivity index (χ1v) is 8.96. The second-order valence-electron chi connectivity index (χ2n) is 7.42. The lowest BCUT2D eigenvalue weighted by Gasteiger charge is -2.37. The van der Waals surface area contributed by atoms with Crippen LogP contribution in [0.25, 0.3) is 0 Å². The molecule has 0 spiro atoms. The smallest absolute Gasteiger partial charge is 0.333 e. The molecule has 0 N–H and O–H groups in total. The van der Waals surface area contributed by atoms with E-state index in [1.54, 1.807) is 4.90 Å². The second-order valence-corrected chi connectivity index (χ2v) is 7.42. The van der Waals surface area contributed by atoms with Crippen LogP contribution in [0.5, 0.6) is 0 Å². The minimum Gasteiger partial charge on any atom is -0.333 e. The van der Waals surface area contributed by atoms with E-state index in [1.807, 2.05) is 0 Å². The zero-order valence-corrected chi connectivity index (χ0v) is 14.5. The van der Waals surface area contributed by atoms with E-state index in [1.165, 1.54) is 24.3 Å². The summed E-state index contributed by atoms with van der Waals surface area (Å²) in [6.07, 6.45) is -2.56. The topological polar surface area (TPSA) is 20.3 Å². The van der Waals surface area contributed by atoms with Gasteiger partial charge >= 0.3 is 6.18 Å². The molecule has 0 radical (unpaired) electrons. The van der Waals surface area contributed by atoms with Gasteiger partial charge in [-0.3, -0.25) is 4.79 Å². The summed E-state index contributed by atoms with van der Waals surface area (Å²) >= 11 is 0. The van der Waals surface area contributed by atoms with Crippen molar-refractivity contribution in [1.82, 2.24) is 4.90 Å². The van der Waals surface area contributed by atoms with Gasteiger partial charge in [0.05, 0.1) is 5.92 Å². The van der Waals surface area contributed by atoms with E-state index < -0.39 is 18.0 Å². The monoisotopic (exact) mass is 375 g/mol. The Morgan fingerprint density at radius 1 is 1.04 bits per heavy atom. The van der Waals surface area contributed by atoms with E-state index in [0.717, 1.165) is 19.8 Å². The van der Waals surface area contributed by atoms with E-state index in [2.05, 4.69) is 0 Å².